The second-order valence-electron chi connectivity index (χ2n) is 10.7. The van der Waals surface area contributed by atoms with Crippen LogP contribution in [0, 0.1) is 62.3 Å². The van der Waals surface area contributed by atoms with Crippen LogP contribution in [0.25, 0.3) is 0 Å². The molecule has 0 unspecified atom stereocenters. The van der Waals surface area contributed by atoms with E-state index < -0.39 is 0 Å². The molecule has 0 radical (unpaired) electrons. The Hall–Kier alpha value is -2.94. The van der Waals surface area contributed by atoms with E-state index in [-0.39, 0.29) is 0 Å². The molecule has 3 heteroatoms. The van der Waals surface area contributed by atoms with E-state index in [0.29, 0.717) is 0 Å². The average Bonchev–Trinajstić information content (AvgIpc) is 2.96. The van der Waals surface area contributed by atoms with Gasteiger partial charge in [-0.1, -0.05) is 53.7 Å². The summed E-state index contributed by atoms with van der Waals surface area (Å²) < 4.78 is 0. The normalized spacial score (nSPS) is 9.07. The minimum absolute atomic E-state index is 1.29. The number of benzene rings is 3. The zero-order valence-corrected chi connectivity index (χ0v) is 31.8. The molecular weight excluding hydrogens is 510 g/mol. The predicted octanol–water partition coefficient (Wildman–Crippen LogP) is 11.1. The molecule has 0 aliphatic rings. The molecule has 0 amide bonds. The molecule has 3 aromatic carbocycles. The Morgan fingerprint density at radius 3 is 0.857 bits per heavy atom. The number of hydrogen-bond acceptors (Lipinski definition) is 3. The van der Waals surface area contributed by atoms with Gasteiger partial charge in [-0.3, -0.25) is 0 Å². The van der Waals surface area contributed by atoms with Crippen molar-refractivity contribution in [3.8, 4) is 0 Å². The van der Waals surface area contributed by atoms with Crippen molar-refractivity contribution in [2.24, 2.45) is 0 Å². The standard InChI is InChI=1S/3C11H17N.3C2H6/c1-8-6-11(12(4)5)7-9(2)10(8)3;2*1-8-6-7-11(12(4)5)10(3)9(8)2;3*1-2/h3*6-7H,1-5H3;3*1-2H3. The second-order valence-corrected chi connectivity index (χ2v) is 10.7. The van der Waals surface area contributed by atoms with Crippen LogP contribution < -0.4 is 14.7 Å². The van der Waals surface area contributed by atoms with Crippen LogP contribution in [0.15, 0.2) is 36.4 Å². The molecule has 0 saturated carbocycles. The SMILES string of the molecule is CC.CC.CC.Cc1cc(N(C)C)cc(C)c1C.Cc1ccc(N(C)C)c(C)c1C.Cc1ccc(N(C)C)c(C)c1C. The fourth-order valence-corrected chi connectivity index (χ4v) is 4.12. The van der Waals surface area contributed by atoms with Gasteiger partial charge in [0.05, 0.1) is 0 Å². The molecule has 0 aliphatic heterocycles. The summed E-state index contributed by atoms with van der Waals surface area (Å²) in [4.78, 5) is 6.45. The van der Waals surface area contributed by atoms with Gasteiger partial charge in [-0.25, -0.2) is 0 Å². The molecule has 0 heterocycles. The molecule has 0 spiro atoms. The smallest absolute Gasteiger partial charge is 0.0393 e. The van der Waals surface area contributed by atoms with Crippen molar-refractivity contribution < 1.29 is 0 Å². The van der Waals surface area contributed by atoms with Crippen LogP contribution in [-0.4, -0.2) is 42.3 Å². The first-order valence-electron chi connectivity index (χ1n) is 15.8. The third kappa shape index (κ3) is 13.8. The topological polar surface area (TPSA) is 9.72 Å². The maximum Gasteiger partial charge on any atom is 0.0393 e. The van der Waals surface area contributed by atoms with Gasteiger partial charge in [0.25, 0.3) is 0 Å². The average molecular weight is 580 g/mol. The molecule has 3 nitrogen and oxygen atoms in total. The number of anilines is 3. The first-order valence-corrected chi connectivity index (χ1v) is 15.8. The Morgan fingerprint density at radius 2 is 0.619 bits per heavy atom. The third-order valence-corrected chi connectivity index (χ3v) is 7.45. The molecule has 0 N–H and O–H groups in total. The molecule has 0 aliphatic carbocycles. The monoisotopic (exact) mass is 580 g/mol. The first-order chi connectivity index (χ1) is 19.6. The lowest BCUT2D eigenvalue weighted by Gasteiger charge is -2.18. The lowest BCUT2D eigenvalue weighted by atomic mass is 10.0. The second kappa shape index (κ2) is 22.6. The summed E-state index contributed by atoms with van der Waals surface area (Å²) in [7, 11) is 12.5. The highest BCUT2D eigenvalue weighted by atomic mass is 15.1. The summed E-state index contributed by atoms with van der Waals surface area (Å²) in [6.07, 6.45) is 0. The molecule has 0 fully saturated rings. The van der Waals surface area contributed by atoms with Crippen molar-refractivity contribution in [3.05, 3.63) is 86.5 Å². The highest BCUT2D eigenvalue weighted by Gasteiger charge is 2.05. The van der Waals surface area contributed by atoms with E-state index in [4.69, 9.17) is 0 Å². The lowest BCUT2D eigenvalue weighted by molar-refractivity contribution is 1.10. The van der Waals surface area contributed by atoms with E-state index >= 15 is 0 Å². The third-order valence-electron chi connectivity index (χ3n) is 7.45. The van der Waals surface area contributed by atoms with Crippen molar-refractivity contribution in [2.45, 2.75) is 104 Å². The summed E-state index contributed by atoms with van der Waals surface area (Å²) in [5.41, 5.74) is 16.4. The Kier molecular flexibility index (Phi) is 23.4. The molecule has 240 valence electrons. The van der Waals surface area contributed by atoms with Crippen molar-refractivity contribution in [3.63, 3.8) is 0 Å². The highest BCUT2D eigenvalue weighted by Crippen LogP contribution is 2.24. The molecular formula is C39H69N3. The number of aryl methyl sites for hydroxylation is 4. The lowest BCUT2D eigenvalue weighted by Crippen LogP contribution is -2.11. The first kappa shape index (κ1) is 43.5. The van der Waals surface area contributed by atoms with E-state index in [0.717, 1.165) is 0 Å². The minimum Gasteiger partial charge on any atom is -0.378 e. The van der Waals surface area contributed by atoms with E-state index in [1.807, 2.05) is 41.5 Å². The zero-order chi connectivity index (χ0) is 33.9. The van der Waals surface area contributed by atoms with Gasteiger partial charge in [0.15, 0.2) is 0 Å². The van der Waals surface area contributed by atoms with Gasteiger partial charge < -0.3 is 14.7 Å². The van der Waals surface area contributed by atoms with Crippen molar-refractivity contribution in [2.75, 3.05) is 57.0 Å². The molecule has 0 bridgehead atoms. The molecule has 0 atom stereocenters. The van der Waals surface area contributed by atoms with Crippen LogP contribution in [0.1, 0.15) is 91.6 Å². The fraction of sp³-hybridized carbons (Fsp3) is 0.538. The van der Waals surface area contributed by atoms with Crippen LogP contribution in [0.5, 0.6) is 0 Å². The summed E-state index contributed by atoms with van der Waals surface area (Å²) in [6.45, 7) is 31.5. The van der Waals surface area contributed by atoms with Crippen molar-refractivity contribution >= 4 is 17.1 Å². The van der Waals surface area contributed by atoms with Gasteiger partial charge in [0, 0.05) is 59.3 Å². The van der Waals surface area contributed by atoms with Crippen molar-refractivity contribution in [1.82, 2.24) is 0 Å². The Balaban J connectivity index is -0.000000497. The molecule has 3 aromatic rings. The van der Waals surface area contributed by atoms with Gasteiger partial charge in [-0.05, 0) is 137 Å². The van der Waals surface area contributed by atoms with Crippen LogP contribution in [0.3, 0.4) is 0 Å². The van der Waals surface area contributed by atoms with Gasteiger partial charge in [0.1, 0.15) is 0 Å². The van der Waals surface area contributed by atoms with Crippen LogP contribution in [0.2, 0.25) is 0 Å². The highest BCUT2D eigenvalue weighted by molar-refractivity contribution is 5.58. The van der Waals surface area contributed by atoms with E-state index in [1.54, 1.807) is 0 Å². The maximum absolute atomic E-state index is 2.22. The molecule has 3 rings (SSSR count). The largest absolute Gasteiger partial charge is 0.378 e. The summed E-state index contributed by atoms with van der Waals surface area (Å²) >= 11 is 0. The fourth-order valence-electron chi connectivity index (χ4n) is 4.12. The Bertz CT molecular complexity index is 1070. The van der Waals surface area contributed by atoms with E-state index in [9.17, 15) is 0 Å². The van der Waals surface area contributed by atoms with Crippen LogP contribution in [-0.2, 0) is 0 Å². The maximum atomic E-state index is 2.22. The quantitative estimate of drug-likeness (QED) is 0.305. The number of nitrogens with zero attached hydrogens (tertiary/aromatic N) is 3. The summed E-state index contributed by atoms with van der Waals surface area (Å²) in [5.74, 6) is 0. The van der Waals surface area contributed by atoms with E-state index in [1.165, 1.54) is 67.1 Å². The van der Waals surface area contributed by atoms with Gasteiger partial charge in [0.2, 0.25) is 0 Å². The van der Waals surface area contributed by atoms with Gasteiger partial charge in [-0.15, -0.1) is 0 Å². The molecule has 0 aromatic heterocycles. The van der Waals surface area contributed by atoms with Crippen LogP contribution in [0.4, 0.5) is 17.1 Å². The van der Waals surface area contributed by atoms with Gasteiger partial charge in [-0.2, -0.15) is 0 Å². The Labute approximate surface area is 264 Å². The number of rotatable bonds is 3. The van der Waals surface area contributed by atoms with Crippen molar-refractivity contribution in [1.29, 1.82) is 0 Å². The zero-order valence-electron chi connectivity index (χ0n) is 31.8. The molecule has 42 heavy (non-hydrogen) atoms. The number of hydrogen-bond donors (Lipinski definition) is 0. The predicted molar refractivity (Wildman–Crippen MR) is 199 cm³/mol. The van der Waals surface area contributed by atoms with Crippen LogP contribution >= 0.6 is 0 Å². The summed E-state index contributed by atoms with van der Waals surface area (Å²) in [6, 6.07) is 13.2. The Morgan fingerprint density at radius 1 is 0.333 bits per heavy atom. The van der Waals surface area contributed by atoms with Gasteiger partial charge >= 0.3 is 0 Å². The summed E-state index contributed by atoms with van der Waals surface area (Å²) in [5, 5.41) is 0. The van der Waals surface area contributed by atoms with E-state index in [2.05, 4.69) is 156 Å². The molecule has 0 saturated heterocycles. The minimum atomic E-state index is 1.29.